The Kier molecular flexibility index (Phi) is 5.09. The van der Waals surface area contributed by atoms with Crippen molar-refractivity contribution in [3.05, 3.63) is 11.7 Å². The van der Waals surface area contributed by atoms with Crippen molar-refractivity contribution in [1.82, 2.24) is 20.8 Å². The summed E-state index contributed by atoms with van der Waals surface area (Å²) in [6.45, 7) is 3.65. The summed E-state index contributed by atoms with van der Waals surface area (Å²) in [5.41, 5.74) is 0. The molecule has 1 aromatic heterocycles. The van der Waals surface area contributed by atoms with Crippen molar-refractivity contribution >= 4 is 12.0 Å². The van der Waals surface area contributed by atoms with Crippen LogP contribution in [-0.4, -0.2) is 40.3 Å². The molecule has 8 nitrogen and oxygen atoms in total. The lowest BCUT2D eigenvalue weighted by atomic mass is 10.2. The van der Waals surface area contributed by atoms with E-state index in [0.29, 0.717) is 24.7 Å². The fourth-order valence-corrected chi connectivity index (χ4v) is 1.12. The second-order valence-electron chi connectivity index (χ2n) is 3.86. The number of carboxylic acid groups (broad SMARTS) is 1. The number of rotatable bonds is 6. The van der Waals surface area contributed by atoms with Crippen molar-refractivity contribution in [3.63, 3.8) is 0 Å². The highest BCUT2D eigenvalue weighted by Crippen LogP contribution is 1.95. The van der Waals surface area contributed by atoms with Crippen molar-refractivity contribution in [1.29, 1.82) is 0 Å². The van der Waals surface area contributed by atoms with E-state index in [-0.39, 0.29) is 6.54 Å². The van der Waals surface area contributed by atoms with E-state index in [4.69, 9.17) is 9.63 Å². The summed E-state index contributed by atoms with van der Waals surface area (Å²) in [6.07, 6.45) is 0.433. The standard InChI is InChI=1S/C10H16N4O4/c1-6(9(15)16)5-12-10(17)11-4-3-8-13-7(2)14-18-8/h6H,3-5H2,1-2H3,(H,15,16)(H2,11,12,17). The van der Waals surface area contributed by atoms with E-state index in [1.165, 1.54) is 6.92 Å². The molecular formula is C10H16N4O4. The fraction of sp³-hybridized carbons (Fsp3) is 0.600. The molecule has 0 aliphatic heterocycles. The molecule has 100 valence electrons. The zero-order valence-electron chi connectivity index (χ0n) is 10.3. The minimum absolute atomic E-state index is 0.0842. The van der Waals surface area contributed by atoms with E-state index in [0.717, 1.165) is 0 Å². The van der Waals surface area contributed by atoms with Crippen molar-refractivity contribution in [2.75, 3.05) is 13.1 Å². The van der Waals surface area contributed by atoms with Crippen LogP contribution in [0.2, 0.25) is 0 Å². The first-order valence-corrected chi connectivity index (χ1v) is 5.52. The van der Waals surface area contributed by atoms with Crippen molar-refractivity contribution in [2.45, 2.75) is 20.3 Å². The summed E-state index contributed by atoms with van der Waals surface area (Å²) in [6, 6.07) is -0.417. The Morgan fingerprint density at radius 3 is 2.72 bits per heavy atom. The van der Waals surface area contributed by atoms with Crippen LogP contribution in [0.4, 0.5) is 4.79 Å². The van der Waals surface area contributed by atoms with E-state index in [1.54, 1.807) is 6.92 Å². The summed E-state index contributed by atoms with van der Waals surface area (Å²) in [5, 5.41) is 17.3. The molecule has 0 radical (unpaired) electrons. The smallest absolute Gasteiger partial charge is 0.314 e. The van der Waals surface area contributed by atoms with Gasteiger partial charge >= 0.3 is 12.0 Å². The van der Waals surface area contributed by atoms with Crippen molar-refractivity contribution in [2.24, 2.45) is 5.92 Å². The van der Waals surface area contributed by atoms with Gasteiger partial charge in [-0.25, -0.2) is 4.79 Å². The van der Waals surface area contributed by atoms with Gasteiger partial charge in [0.15, 0.2) is 5.82 Å². The third kappa shape index (κ3) is 4.81. The van der Waals surface area contributed by atoms with E-state index >= 15 is 0 Å². The van der Waals surface area contributed by atoms with Crippen LogP contribution >= 0.6 is 0 Å². The lowest BCUT2D eigenvalue weighted by molar-refractivity contribution is -0.140. The van der Waals surface area contributed by atoms with Gasteiger partial charge in [0, 0.05) is 19.5 Å². The Labute approximate surface area is 104 Å². The molecular weight excluding hydrogens is 240 g/mol. The van der Waals surface area contributed by atoms with E-state index in [1.807, 2.05) is 0 Å². The Bertz CT molecular complexity index is 418. The number of nitrogens with zero attached hydrogens (tertiary/aromatic N) is 2. The van der Waals surface area contributed by atoms with Gasteiger partial charge in [0.25, 0.3) is 0 Å². The quantitative estimate of drug-likeness (QED) is 0.656. The van der Waals surface area contributed by atoms with Crippen LogP contribution in [-0.2, 0) is 11.2 Å². The molecule has 0 saturated heterocycles. The maximum absolute atomic E-state index is 11.3. The van der Waals surface area contributed by atoms with E-state index in [9.17, 15) is 9.59 Å². The van der Waals surface area contributed by atoms with Gasteiger partial charge in [-0.1, -0.05) is 12.1 Å². The second kappa shape index (κ2) is 6.58. The van der Waals surface area contributed by atoms with Crippen LogP contribution in [0.1, 0.15) is 18.6 Å². The van der Waals surface area contributed by atoms with E-state index < -0.39 is 17.9 Å². The predicted octanol–water partition coefficient (Wildman–Crippen LogP) is -0.0596. The SMILES string of the molecule is Cc1noc(CCNC(=O)NCC(C)C(=O)O)n1. The number of aryl methyl sites for hydroxylation is 1. The molecule has 2 amide bonds. The van der Waals surface area contributed by atoms with Crippen molar-refractivity contribution < 1.29 is 19.2 Å². The number of amides is 2. The van der Waals surface area contributed by atoms with Gasteiger partial charge in [-0.2, -0.15) is 4.98 Å². The molecule has 0 saturated carbocycles. The Balaban J connectivity index is 2.15. The monoisotopic (exact) mass is 256 g/mol. The van der Waals surface area contributed by atoms with Gasteiger partial charge in [0.05, 0.1) is 5.92 Å². The number of urea groups is 1. The van der Waals surface area contributed by atoms with Crippen molar-refractivity contribution in [3.8, 4) is 0 Å². The molecule has 1 rings (SSSR count). The number of hydrogen-bond donors (Lipinski definition) is 3. The number of hydrogen-bond acceptors (Lipinski definition) is 5. The third-order valence-electron chi connectivity index (χ3n) is 2.18. The summed E-state index contributed by atoms with van der Waals surface area (Å²) < 4.78 is 4.87. The topological polar surface area (TPSA) is 117 Å². The van der Waals surface area contributed by atoms with Gasteiger partial charge < -0.3 is 20.3 Å². The molecule has 18 heavy (non-hydrogen) atoms. The first-order valence-electron chi connectivity index (χ1n) is 5.52. The van der Waals surface area contributed by atoms with Gasteiger partial charge in [-0.3, -0.25) is 4.79 Å². The third-order valence-corrected chi connectivity index (χ3v) is 2.18. The highest BCUT2D eigenvalue weighted by atomic mass is 16.5. The first kappa shape index (κ1) is 13.9. The van der Waals surface area contributed by atoms with Gasteiger partial charge in [0.2, 0.25) is 5.89 Å². The summed E-state index contributed by atoms with van der Waals surface area (Å²) in [4.78, 5) is 25.8. The highest BCUT2D eigenvalue weighted by molar-refractivity contribution is 5.75. The fourth-order valence-electron chi connectivity index (χ4n) is 1.12. The Morgan fingerprint density at radius 1 is 1.44 bits per heavy atom. The number of carboxylic acids is 1. The number of aliphatic carboxylic acids is 1. The molecule has 3 N–H and O–H groups in total. The molecule has 0 aliphatic carbocycles. The molecule has 0 aromatic carbocycles. The Morgan fingerprint density at radius 2 is 2.17 bits per heavy atom. The minimum Gasteiger partial charge on any atom is -0.481 e. The molecule has 0 spiro atoms. The van der Waals surface area contributed by atoms with Crippen LogP contribution in [0.25, 0.3) is 0 Å². The zero-order chi connectivity index (χ0) is 13.5. The molecule has 0 aliphatic rings. The average molecular weight is 256 g/mol. The van der Waals surface area contributed by atoms with Crippen LogP contribution in [0.5, 0.6) is 0 Å². The largest absolute Gasteiger partial charge is 0.481 e. The molecule has 0 fully saturated rings. The molecule has 1 atom stereocenters. The van der Waals surface area contributed by atoms with Crippen LogP contribution < -0.4 is 10.6 Å². The lowest BCUT2D eigenvalue weighted by Crippen LogP contribution is -2.40. The second-order valence-corrected chi connectivity index (χ2v) is 3.86. The maximum Gasteiger partial charge on any atom is 0.314 e. The summed E-state index contributed by atoms with van der Waals surface area (Å²) >= 11 is 0. The van der Waals surface area contributed by atoms with Gasteiger partial charge in [0.1, 0.15) is 0 Å². The molecule has 1 heterocycles. The number of carbonyl (C=O) groups is 2. The summed E-state index contributed by atoms with van der Waals surface area (Å²) in [7, 11) is 0. The predicted molar refractivity (Wildman–Crippen MR) is 60.9 cm³/mol. The lowest BCUT2D eigenvalue weighted by Gasteiger charge is -2.08. The average Bonchev–Trinajstić information content (AvgIpc) is 2.71. The minimum atomic E-state index is -0.948. The van der Waals surface area contributed by atoms with Crippen LogP contribution in [0, 0.1) is 12.8 Å². The van der Waals surface area contributed by atoms with Gasteiger partial charge in [-0.05, 0) is 6.92 Å². The van der Waals surface area contributed by atoms with Crippen LogP contribution in [0.15, 0.2) is 4.52 Å². The summed E-state index contributed by atoms with van der Waals surface area (Å²) in [5.74, 6) is -0.567. The number of carbonyl (C=O) groups excluding carboxylic acids is 1. The van der Waals surface area contributed by atoms with Crippen LogP contribution in [0.3, 0.4) is 0 Å². The molecule has 8 heteroatoms. The molecule has 0 bridgehead atoms. The van der Waals surface area contributed by atoms with E-state index in [2.05, 4.69) is 20.8 Å². The Hall–Kier alpha value is -2.12. The van der Waals surface area contributed by atoms with Gasteiger partial charge in [-0.15, -0.1) is 0 Å². The maximum atomic E-state index is 11.3. The number of aromatic nitrogens is 2. The normalized spacial score (nSPS) is 11.9. The molecule has 1 unspecified atom stereocenters. The highest BCUT2D eigenvalue weighted by Gasteiger charge is 2.11. The molecule has 1 aromatic rings. The first-order chi connectivity index (χ1) is 8.49. The number of nitrogens with one attached hydrogen (secondary N) is 2. The zero-order valence-corrected chi connectivity index (χ0v) is 10.3.